The summed E-state index contributed by atoms with van der Waals surface area (Å²) in [4.78, 5) is 4.13. The summed E-state index contributed by atoms with van der Waals surface area (Å²) in [6.45, 7) is 6.93. The van der Waals surface area contributed by atoms with Crippen LogP contribution < -0.4 is 5.32 Å². The third-order valence-corrected chi connectivity index (χ3v) is 3.95. The molecule has 16 heavy (non-hydrogen) atoms. The number of nitrogens with one attached hydrogen (secondary N) is 1. The number of aromatic nitrogens is 1. The van der Waals surface area contributed by atoms with Crippen LogP contribution in [0.1, 0.15) is 31.0 Å². The maximum absolute atomic E-state index is 11.3. The van der Waals surface area contributed by atoms with Gasteiger partial charge in [0, 0.05) is 47.3 Å². The first-order valence-corrected chi connectivity index (χ1v) is 7.12. The van der Waals surface area contributed by atoms with Crippen molar-refractivity contribution < 1.29 is 4.21 Å². The zero-order valence-electron chi connectivity index (χ0n) is 10.2. The normalized spacial score (nSPS) is 14.7. The summed E-state index contributed by atoms with van der Waals surface area (Å²) >= 11 is 0. The summed E-state index contributed by atoms with van der Waals surface area (Å²) in [6.07, 6.45) is 3.70. The van der Waals surface area contributed by atoms with Crippen molar-refractivity contribution in [3.8, 4) is 0 Å². The average Bonchev–Trinajstić information content (AvgIpc) is 2.29. The topological polar surface area (TPSA) is 42.0 Å². The van der Waals surface area contributed by atoms with Crippen LogP contribution in [0.25, 0.3) is 0 Å². The van der Waals surface area contributed by atoms with Crippen molar-refractivity contribution in [2.45, 2.75) is 26.8 Å². The summed E-state index contributed by atoms with van der Waals surface area (Å²) in [5, 5.41) is 3.37. The van der Waals surface area contributed by atoms with Crippen LogP contribution in [0.3, 0.4) is 0 Å². The number of nitrogens with zero attached hydrogens (tertiary/aromatic N) is 1. The van der Waals surface area contributed by atoms with Gasteiger partial charge in [0.15, 0.2) is 0 Å². The number of pyridine rings is 1. The molecule has 1 aromatic rings. The van der Waals surface area contributed by atoms with E-state index in [1.54, 1.807) is 6.20 Å². The molecule has 0 saturated heterocycles. The lowest BCUT2D eigenvalue weighted by Gasteiger charge is -2.15. The van der Waals surface area contributed by atoms with Gasteiger partial charge in [-0.3, -0.25) is 9.19 Å². The fourth-order valence-corrected chi connectivity index (χ4v) is 2.21. The van der Waals surface area contributed by atoms with Crippen LogP contribution in [0.15, 0.2) is 18.5 Å². The summed E-state index contributed by atoms with van der Waals surface area (Å²) in [5.74, 6) is 1.46. The molecule has 0 amide bonds. The lowest BCUT2D eigenvalue weighted by Crippen LogP contribution is -2.24. The minimum Gasteiger partial charge on any atom is -0.309 e. The largest absolute Gasteiger partial charge is 0.309 e. The van der Waals surface area contributed by atoms with Crippen molar-refractivity contribution in [3.63, 3.8) is 0 Å². The van der Waals surface area contributed by atoms with E-state index in [4.69, 9.17) is 0 Å². The SMILES string of the molecule is CCS(=O)CCNC(C)c1cnccc1C. The number of aryl methyl sites for hydroxylation is 1. The van der Waals surface area contributed by atoms with E-state index < -0.39 is 10.8 Å². The molecule has 90 valence electrons. The van der Waals surface area contributed by atoms with Gasteiger partial charge in [-0.25, -0.2) is 0 Å². The van der Waals surface area contributed by atoms with E-state index in [0.29, 0.717) is 0 Å². The molecule has 2 unspecified atom stereocenters. The van der Waals surface area contributed by atoms with Gasteiger partial charge >= 0.3 is 0 Å². The molecule has 1 rings (SSSR count). The Morgan fingerprint density at radius 3 is 2.94 bits per heavy atom. The standard InChI is InChI=1S/C12H20N2OS/c1-4-16(15)8-7-14-11(3)12-9-13-6-5-10(12)2/h5-6,9,11,14H,4,7-8H2,1-3H3. The van der Waals surface area contributed by atoms with E-state index in [2.05, 4.69) is 24.1 Å². The second-order valence-electron chi connectivity index (χ2n) is 3.84. The molecular formula is C12H20N2OS. The molecule has 1 heterocycles. The predicted octanol–water partition coefficient (Wildman–Crippen LogP) is 1.81. The molecule has 0 aliphatic heterocycles. The van der Waals surface area contributed by atoms with Gasteiger partial charge < -0.3 is 5.32 Å². The van der Waals surface area contributed by atoms with Gasteiger partial charge in [-0.05, 0) is 31.0 Å². The Labute approximate surface area is 100 Å². The molecule has 0 spiro atoms. The van der Waals surface area contributed by atoms with E-state index in [0.717, 1.165) is 18.1 Å². The highest BCUT2D eigenvalue weighted by Gasteiger charge is 2.07. The van der Waals surface area contributed by atoms with Crippen LogP contribution in [0.4, 0.5) is 0 Å². The van der Waals surface area contributed by atoms with Gasteiger partial charge in [0.05, 0.1) is 0 Å². The molecule has 0 fully saturated rings. The molecule has 0 radical (unpaired) electrons. The molecule has 0 aliphatic carbocycles. The van der Waals surface area contributed by atoms with Crippen molar-refractivity contribution in [3.05, 3.63) is 29.6 Å². The molecular weight excluding hydrogens is 220 g/mol. The van der Waals surface area contributed by atoms with Crippen molar-refractivity contribution in [2.75, 3.05) is 18.1 Å². The Morgan fingerprint density at radius 1 is 1.56 bits per heavy atom. The molecule has 2 atom stereocenters. The van der Waals surface area contributed by atoms with Crippen molar-refractivity contribution in [2.24, 2.45) is 0 Å². The quantitative estimate of drug-likeness (QED) is 0.824. The maximum Gasteiger partial charge on any atom is 0.0360 e. The molecule has 3 nitrogen and oxygen atoms in total. The zero-order valence-corrected chi connectivity index (χ0v) is 11.0. The highest BCUT2D eigenvalue weighted by atomic mass is 32.2. The first-order valence-electron chi connectivity index (χ1n) is 5.64. The monoisotopic (exact) mass is 240 g/mol. The van der Waals surface area contributed by atoms with Crippen molar-refractivity contribution in [1.82, 2.24) is 10.3 Å². The maximum atomic E-state index is 11.3. The smallest absolute Gasteiger partial charge is 0.0360 e. The van der Waals surface area contributed by atoms with E-state index in [-0.39, 0.29) is 6.04 Å². The van der Waals surface area contributed by atoms with Gasteiger partial charge in [0.25, 0.3) is 0 Å². The number of hydrogen-bond acceptors (Lipinski definition) is 3. The van der Waals surface area contributed by atoms with E-state index in [1.165, 1.54) is 11.1 Å². The van der Waals surface area contributed by atoms with Gasteiger partial charge in [-0.1, -0.05) is 6.92 Å². The third-order valence-electron chi connectivity index (χ3n) is 2.65. The first-order chi connectivity index (χ1) is 7.65. The van der Waals surface area contributed by atoms with Crippen LogP contribution in [0, 0.1) is 6.92 Å². The molecule has 0 bridgehead atoms. The minimum absolute atomic E-state index is 0.266. The fraction of sp³-hybridized carbons (Fsp3) is 0.583. The van der Waals surface area contributed by atoms with Gasteiger partial charge in [0.2, 0.25) is 0 Å². The van der Waals surface area contributed by atoms with Crippen LogP contribution in [-0.4, -0.2) is 27.2 Å². The molecule has 0 saturated carbocycles. The minimum atomic E-state index is -0.683. The molecule has 0 aromatic carbocycles. The second kappa shape index (κ2) is 6.76. The third kappa shape index (κ3) is 4.02. The Kier molecular flexibility index (Phi) is 5.63. The molecule has 1 N–H and O–H groups in total. The summed E-state index contributed by atoms with van der Waals surface area (Å²) < 4.78 is 11.3. The van der Waals surface area contributed by atoms with E-state index >= 15 is 0 Å². The lowest BCUT2D eigenvalue weighted by atomic mass is 10.1. The van der Waals surface area contributed by atoms with Gasteiger partial charge in [0.1, 0.15) is 0 Å². The van der Waals surface area contributed by atoms with Crippen LogP contribution in [-0.2, 0) is 10.8 Å². The molecule has 0 aliphatic rings. The summed E-state index contributed by atoms with van der Waals surface area (Å²) in [7, 11) is -0.683. The van der Waals surface area contributed by atoms with Crippen LogP contribution >= 0.6 is 0 Å². The second-order valence-corrected chi connectivity index (χ2v) is 5.71. The summed E-state index contributed by atoms with van der Waals surface area (Å²) in [6, 6.07) is 2.28. The highest BCUT2D eigenvalue weighted by Crippen LogP contribution is 2.14. The highest BCUT2D eigenvalue weighted by molar-refractivity contribution is 7.84. The zero-order chi connectivity index (χ0) is 12.0. The van der Waals surface area contributed by atoms with Gasteiger partial charge in [-0.2, -0.15) is 0 Å². The number of rotatable bonds is 6. The van der Waals surface area contributed by atoms with Crippen LogP contribution in [0.2, 0.25) is 0 Å². The van der Waals surface area contributed by atoms with Crippen LogP contribution in [0.5, 0.6) is 0 Å². The Hall–Kier alpha value is -0.740. The Balaban J connectivity index is 2.44. The molecule has 4 heteroatoms. The van der Waals surface area contributed by atoms with Gasteiger partial charge in [-0.15, -0.1) is 0 Å². The predicted molar refractivity (Wildman–Crippen MR) is 68.9 cm³/mol. The number of hydrogen-bond donors (Lipinski definition) is 1. The first kappa shape index (κ1) is 13.3. The average molecular weight is 240 g/mol. The van der Waals surface area contributed by atoms with Crippen molar-refractivity contribution >= 4 is 10.8 Å². The lowest BCUT2D eigenvalue weighted by molar-refractivity contribution is 0.592. The fourth-order valence-electron chi connectivity index (χ4n) is 1.57. The van der Waals surface area contributed by atoms with E-state index in [9.17, 15) is 4.21 Å². The Bertz CT molecular complexity index is 355. The summed E-state index contributed by atoms with van der Waals surface area (Å²) in [5.41, 5.74) is 2.45. The van der Waals surface area contributed by atoms with E-state index in [1.807, 2.05) is 19.2 Å². The van der Waals surface area contributed by atoms with Crippen molar-refractivity contribution in [1.29, 1.82) is 0 Å². The Morgan fingerprint density at radius 2 is 2.31 bits per heavy atom. The molecule has 1 aromatic heterocycles.